The average Bonchev–Trinajstić information content (AvgIpc) is 2.41. The number of halogens is 3. The molecule has 0 radical (unpaired) electrons. The number of pyridine rings is 1. The van der Waals surface area contributed by atoms with Gasteiger partial charge in [0.2, 0.25) is 0 Å². The van der Waals surface area contributed by atoms with Crippen LogP contribution in [0, 0.1) is 0 Å². The van der Waals surface area contributed by atoms with E-state index in [2.05, 4.69) is 5.32 Å². The molecule has 0 spiro atoms. The van der Waals surface area contributed by atoms with E-state index in [1.165, 1.54) is 0 Å². The zero-order valence-corrected chi connectivity index (χ0v) is 10.9. The van der Waals surface area contributed by atoms with Gasteiger partial charge in [-0.1, -0.05) is 0 Å². The number of nitrogens with one attached hydrogen (secondary N) is 1. The maximum absolute atomic E-state index is 12.6. The van der Waals surface area contributed by atoms with Gasteiger partial charge in [-0.15, -0.1) is 0 Å². The van der Waals surface area contributed by atoms with Crippen LogP contribution in [0.15, 0.2) is 23.1 Å². The lowest BCUT2D eigenvalue weighted by Gasteiger charge is -2.23. The van der Waals surface area contributed by atoms with Crippen LogP contribution in [0.3, 0.4) is 0 Å². The monoisotopic (exact) mass is 290 g/mol. The smallest absolute Gasteiger partial charge is 0.381 e. The zero-order chi connectivity index (χ0) is 14.6. The Morgan fingerprint density at radius 1 is 1.30 bits per heavy atom. The van der Waals surface area contributed by atoms with Crippen molar-refractivity contribution in [3.05, 3.63) is 34.2 Å². The summed E-state index contributed by atoms with van der Waals surface area (Å²) in [5.41, 5.74) is -1.23. The van der Waals surface area contributed by atoms with Crippen molar-refractivity contribution in [1.82, 2.24) is 9.88 Å². The van der Waals surface area contributed by atoms with E-state index in [4.69, 9.17) is 4.74 Å². The molecule has 1 aliphatic heterocycles. The third-order valence-corrected chi connectivity index (χ3v) is 3.32. The molecule has 4 nitrogen and oxygen atoms in total. The third-order valence-electron chi connectivity index (χ3n) is 3.32. The van der Waals surface area contributed by atoms with E-state index in [1.54, 1.807) is 0 Å². The first-order chi connectivity index (χ1) is 9.47. The van der Waals surface area contributed by atoms with E-state index in [-0.39, 0.29) is 6.54 Å². The number of ether oxygens (including phenoxy) is 1. The molecule has 7 heteroatoms. The lowest BCUT2D eigenvalue weighted by atomic mass is 10.1. The summed E-state index contributed by atoms with van der Waals surface area (Å²) in [6.45, 7) is 2.08. The van der Waals surface area contributed by atoms with Crippen LogP contribution in [-0.2, 0) is 17.5 Å². The van der Waals surface area contributed by atoms with Gasteiger partial charge >= 0.3 is 6.18 Å². The molecule has 1 N–H and O–H groups in total. The van der Waals surface area contributed by atoms with Crippen LogP contribution in [0.2, 0.25) is 0 Å². The van der Waals surface area contributed by atoms with Crippen LogP contribution in [-0.4, -0.2) is 30.4 Å². The minimum atomic E-state index is -4.43. The Morgan fingerprint density at radius 3 is 2.65 bits per heavy atom. The topological polar surface area (TPSA) is 43.3 Å². The summed E-state index contributed by atoms with van der Waals surface area (Å²) in [5.74, 6) is 0. The van der Waals surface area contributed by atoms with Gasteiger partial charge in [-0.2, -0.15) is 13.2 Å². The second-order valence-corrected chi connectivity index (χ2v) is 4.79. The van der Waals surface area contributed by atoms with Crippen molar-refractivity contribution in [3.63, 3.8) is 0 Å². The maximum Gasteiger partial charge on any atom is 0.417 e. The minimum absolute atomic E-state index is 0.222. The largest absolute Gasteiger partial charge is 0.417 e. The highest BCUT2D eigenvalue weighted by Crippen LogP contribution is 2.27. The molecule has 1 aromatic heterocycles. The van der Waals surface area contributed by atoms with Gasteiger partial charge in [-0.05, 0) is 18.9 Å². The van der Waals surface area contributed by atoms with Crippen LogP contribution in [0.1, 0.15) is 18.4 Å². The number of aromatic nitrogens is 1. The minimum Gasteiger partial charge on any atom is -0.381 e. The molecule has 2 heterocycles. The quantitative estimate of drug-likeness (QED) is 0.916. The Morgan fingerprint density at radius 2 is 2.00 bits per heavy atom. The fourth-order valence-corrected chi connectivity index (χ4v) is 2.16. The number of nitrogens with zero attached hydrogens (tertiary/aromatic N) is 1. The van der Waals surface area contributed by atoms with Crippen molar-refractivity contribution in [3.8, 4) is 0 Å². The Labute approximate surface area is 114 Å². The summed E-state index contributed by atoms with van der Waals surface area (Å²) in [6, 6.07) is 2.08. The summed E-state index contributed by atoms with van der Waals surface area (Å²) < 4.78 is 44.0. The van der Waals surface area contributed by atoms with Gasteiger partial charge < -0.3 is 14.6 Å². The molecule has 0 bridgehead atoms. The van der Waals surface area contributed by atoms with Crippen molar-refractivity contribution in [2.45, 2.75) is 31.6 Å². The first-order valence-corrected chi connectivity index (χ1v) is 6.55. The molecule has 0 saturated carbocycles. The molecule has 0 aromatic carbocycles. The molecule has 112 valence electrons. The molecule has 0 amide bonds. The SMILES string of the molecule is O=c1ccc(C(F)(F)F)cn1CCNC1CCOCC1. The van der Waals surface area contributed by atoms with Gasteiger partial charge in [0.25, 0.3) is 5.56 Å². The summed E-state index contributed by atoms with van der Waals surface area (Å²) in [7, 11) is 0. The number of hydrogen-bond donors (Lipinski definition) is 1. The summed E-state index contributed by atoms with van der Waals surface area (Å²) >= 11 is 0. The van der Waals surface area contributed by atoms with Crippen molar-refractivity contribution >= 4 is 0 Å². The number of hydrogen-bond acceptors (Lipinski definition) is 3. The first kappa shape index (κ1) is 15.1. The van der Waals surface area contributed by atoms with E-state index in [9.17, 15) is 18.0 Å². The number of rotatable bonds is 4. The standard InChI is InChI=1S/C13H17F3N2O2/c14-13(15,16)10-1-2-12(19)18(9-10)6-5-17-11-3-7-20-8-4-11/h1-2,9,11,17H,3-8H2. The Balaban J connectivity index is 1.93. The number of alkyl halides is 3. The highest BCUT2D eigenvalue weighted by molar-refractivity contribution is 5.13. The highest BCUT2D eigenvalue weighted by atomic mass is 19.4. The molecule has 1 fully saturated rings. The van der Waals surface area contributed by atoms with Crippen LogP contribution < -0.4 is 10.9 Å². The van der Waals surface area contributed by atoms with E-state index in [0.29, 0.717) is 25.8 Å². The molecule has 1 saturated heterocycles. The van der Waals surface area contributed by atoms with Crippen molar-refractivity contribution < 1.29 is 17.9 Å². The molecule has 0 atom stereocenters. The van der Waals surface area contributed by atoms with Gasteiger partial charge in [0, 0.05) is 44.6 Å². The van der Waals surface area contributed by atoms with Gasteiger partial charge in [-0.3, -0.25) is 4.79 Å². The molecule has 1 aromatic rings. The highest BCUT2D eigenvalue weighted by Gasteiger charge is 2.30. The third kappa shape index (κ3) is 4.08. The molecule has 2 rings (SSSR count). The van der Waals surface area contributed by atoms with E-state index in [0.717, 1.165) is 35.7 Å². The Bertz CT molecular complexity index is 493. The van der Waals surface area contributed by atoms with E-state index < -0.39 is 17.3 Å². The predicted octanol–water partition coefficient (Wildman–Crippen LogP) is 1.64. The fourth-order valence-electron chi connectivity index (χ4n) is 2.16. The van der Waals surface area contributed by atoms with Gasteiger partial charge in [0.15, 0.2) is 0 Å². The van der Waals surface area contributed by atoms with E-state index in [1.807, 2.05) is 0 Å². The van der Waals surface area contributed by atoms with Crippen molar-refractivity contribution in [2.75, 3.05) is 19.8 Å². The Hall–Kier alpha value is -1.34. The van der Waals surface area contributed by atoms with Gasteiger partial charge in [0.1, 0.15) is 0 Å². The second-order valence-electron chi connectivity index (χ2n) is 4.79. The van der Waals surface area contributed by atoms with E-state index >= 15 is 0 Å². The maximum atomic E-state index is 12.6. The molecule has 1 aliphatic rings. The summed E-state index contributed by atoms with van der Waals surface area (Å²) in [5, 5.41) is 3.23. The summed E-state index contributed by atoms with van der Waals surface area (Å²) in [4.78, 5) is 11.5. The molecular formula is C13H17F3N2O2. The molecule has 0 unspecified atom stereocenters. The van der Waals surface area contributed by atoms with Gasteiger partial charge in [0.05, 0.1) is 5.56 Å². The Kier molecular flexibility index (Phi) is 4.82. The first-order valence-electron chi connectivity index (χ1n) is 6.55. The second kappa shape index (κ2) is 6.41. The van der Waals surface area contributed by atoms with Crippen LogP contribution >= 0.6 is 0 Å². The van der Waals surface area contributed by atoms with Gasteiger partial charge in [-0.25, -0.2) is 0 Å². The van der Waals surface area contributed by atoms with Crippen LogP contribution in [0.5, 0.6) is 0 Å². The zero-order valence-electron chi connectivity index (χ0n) is 10.9. The van der Waals surface area contributed by atoms with Crippen molar-refractivity contribution in [1.29, 1.82) is 0 Å². The van der Waals surface area contributed by atoms with Crippen LogP contribution in [0.25, 0.3) is 0 Å². The summed E-state index contributed by atoms with van der Waals surface area (Å²) in [6.07, 6.45) is -1.79. The lowest BCUT2D eigenvalue weighted by molar-refractivity contribution is -0.138. The van der Waals surface area contributed by atoms with Crippen LogP contribution in [0.4, 0.5) is 13.2 Å². The molecule has 0 aliphatic carbocycles. The lowest BCUT2D eigenvalue weighted by Crippen LogP contribution is -2.37. The average molecular weight is 290 g/mol. The molecular weight excluding hydrogens is 273 g/mol. The van der Waals surface area contributed by atoms with Crippen molar-refractivity contribution in [2.24, 2.45) is 0 Å². The molecule has 20 heavy (non-hydrogen) atoms. The normalized spacial score (nSPS) is 17.4. The predicted molar refractivity (Wildman–Crippen MR) is 67.5 cm³/mol. The fraction of sp³-hybridized carbons (Fsp3) is 0.615.